The smallest absolute Gasteiger partial charge is 0.295 e. The summed E-state index contributed by atoms with van der Waals surface area (Å²) in [5, 5.41) is 11.8. The molecule has 0 spiro atoms. The number of ketones is 1. The van der Waals surface area contributed by atoms with Gasteiger partial charge < -0.3 is 19.6 Å². The van der Waals surface area contributed by atoms with E-state index in [9.17, 15) is 14.7 Å². The average Bonchev–Trinajstić information content (AvgIpc) is 2.98. The van der Waals surface area contributed by atoms with E-state index < -0.39 is 17.7 Å². The predicted octanol–water partition coefficient (Wildman–Crippen LogP) is 4.29. The lowest BCUT2D eigenvalue weighted by Crippen LogP contribution is -2.35. The molecule has 1 fully saturated rings. The highest BCUT2D eigenvalue weighted by molar-refractivity contribution is 6.47. The Morgan fingerprint density at radius 2 is 1.84 bits per heavy atom. The number of hydrogen-bond acceptors (Lipinski definition) is 5. The molecule has 0 aliphatic carbocycles. The number of methoxy groups -OCH3 is 1. The molecule has 0 unspecified atom stereocenters. The summed E-state index contributed by atoms with van der Waals surface area (Å²) in [7, 11) is 5.31. The van der Waals surface area contributed by atoms with Gasteiger partial charge in [0.1, 0.15) is 11.5 Å². The van der Waals surface area contributed by atoms with E-state index in [0.29, 0.717) is 45.6 Å². The molecule has 164 valence electrons. The maximum Gasteiger partial charge on any atom is 0.295 e. The van der Waals surface area contributed by atoms with Gasteiger partial charge in [0.05, 0.1) is 28.8 Å². The number of halogens is 2. The minimum atomic E-state index is -0.781. The van der Waals surface area contributed by atoms with E-state index in [-0.39, 0.29) is 11.3 Å². The second-order valence-electron chi connectivity index (χ2n) is 7.65. The van der Waals surface area contributed by atoms with Gasteiger partial charge >= 0.3 is 0 Å². The SMILES string of the molecule is COc1ccc(/C(O)=C2\C(=O)C(=O)N(CCN(C)C)[C@@H]2c2ccc(Cl)c(Cl)c2)c(C)c1. The van der Waals surface area contributed by atoms with Crippen LogP contribution in [0.15, 0.2) is 42.0 Å². The predicted molar refractivity (Wildman–Crippen MR) is 122 cm³/mol. The van der Waals surface area contributed by atoms with Crippen molar-refractivity contribution in [2.24, 2.45) is 0 Å². The molecule has 2 aromatic rings. The van der Waals surface area contributed by atoms with Gasteiger partial charge in [0.15, 0.2) is 0 Å². The third kappa shape index (κ3) is 4.56. The van der Waals surface area contributed by atoms with Crippen LogP contribution in [-0.2, 0) is 9.59 Å². The molecule has 1 atom stereocenters. The van der Waals surface area contributed by atoms with Crippen molar-refractivity contribution in [3.8, 4) is 5.75 Å². The number of carbonyl (C=O) groups excluding carboxylic acids is 2. The van der Waals surface area contributed by atoms with Gasteiger partial charge in [-0.1, -0.05) is 29.3 Å². The van der Waals surface area contributed by atoms with Crippen LogP contribution in [0, 0.1) is 6.92 Å². The van der Waals surface area contributed by atoms with Crippen molar-refractivity contribution in [3.05, 3.63) is 68.7 Å². The maximum absolute atomic E-state index is 13.0. The number of ether oxygens (including phenoxy) is 1. The van der Waals surface area contributed by atoms with Crippen molar-refractivity contribution in [3.63, 3.8) is 0 Å². The number of likely N-dealkylation sites (tertiary alicyclic amines) is 1. The van der Waals surface area contributed by atoms with E-state index in [1.807, 2.05) is 19.0 Å². The summed E-state index contributed by atoms with van der Waals surface area (Å²) in [6, 6.07) is 9.28. The minimum absolute atomic E-state index is 0.0235. The van der Waals surface area contributed by atoms with Crippen LogP contribution >= 0.6 is 23.2 Å². The number of nitrogens with zero attached hydrogens (tertiary/aromatic N) is 2. The van der Waals surface area contributed by atoms with Crippen molar-refractivity contribution in [2.45, 2.75) is 13.0 Å². The quantitative estimate of drug-likeness (QED) is 0.393. The molecule has 0 bridgehead atoms. The molecule has 31 heavy (non-hydrogen) atoms. The van der Waals surface area contributed by atoms with Crippen molar-refractivity contribution < 1.29 is 19.4 Å². The number of aliphatic hydroxyl groups excluding tert-OH is 1. The number of likely N-dealkylation sites (N-methyl/N-ethyl adjacent to an activating group) is 1. The Morgan fingerprint density at radius 1 is 1.13 bits per heavy atom. The molecule has 1 heterocycles. The highest BCUT2D eigenvalue weighted by Crippen LogP contribution is 2.41. The van der Waals surface area contributed by atoms with Gasteiger partial charge in [-0.15, -0.1) is 0 Å². The molecular formula is C23H24Cl2N2O4. The van der Waals surface area contributed by atoms with Gasteiger partial charge in [-0.05, 0) is 62.5 Å². The van der Waals surface area contributed by atoms with E-state index in [1.54, 1.807) is 50.4 Å². The van der Waals surface area contributed by atoms with Crippen molar-refractivity contribution >= 4 is 40.7 Å². The van der Waals surface area contributed by atoms with E-state index in [0.717, 1.165) is 0 Å². The highest BCUT2D eigenvalue weighted by Gasteiger charge is 2.46. The molecule has 3 rings (SSSR count). The zero-order valence-electron chi connectivity index (χ0n) is 17.8. The molecule has 1 aliphatic rings. The third-order valence-corrected chi connectivity index (χ3v) is 6.02. The van der Waals surface area contributed by atoms with E-state index in [2.05, 4.69) is 0 Å². The Kier molecular flexibility index (Phi) is 6.94. The van der Waals surface area contributed by atoms with Crippen LogP contribution in [0.3, 0.4) is 0 Å². The van der Waals surface area contributed by atoms with Crippen LogP contribution in [0.5, 0.6) is 5.75 Å². The normalized spacial score (nSPS) is 18.2. The lowest BCUT2D eigenvalue weighted by molar-refractivity contribution is -0.140. The fourth-order valence-electron chi connectivity index (χ4n) is 3.62. The summed E-state index contributed by atoms with van der Waals surface area (Å²) in [5.74, 6) is -1.00. The fourth-order valence-corrected chi connectivity index (χ4v) is 3.93. The summed E-state index contributed by atoms with van der Waals surface area (Å²) in [4.78, 5) is 29.3. The molecule has 1 amide bonds. The molecular weight excluding hydrogens is 439 g/mol. The maximum atomic E-state index is 13.0. The molecule has 0 radical (unpaired) electrons. The Bertz CT molecular complexity index is 1070. The highest BCUT2D eigenvalue weighted by atomic mass is 35.5. The van der Waals surface area contributed by atoms with Crippen LogP contribution in [0.25, 0.3) is 5.76 Å². The molecule has 1 aliphatic heterocycles. The molecule has 1 N–H and O–H groups in total. The summed E-state index contributed by atoms with van der Waals surface area (Å²) < 4.78 is 5.22. The molecule has 8 heteroatoms. The zero-order valence-corrected chi connectivity index (χ0v) is 19.3. The first-order chi connectivity index (χ1) is 14.6. The summed E-state index contributed by atoms with van der Waals surface area (Å²) in [6.07, 6.45) is 0. The zero-order chi connectivity index (χ0) is 22.9. The first kappa shape index (κ1) is 23.1. The van der Waals surface area contributed by atoms with E-state index >= 15 is 0 Å². The first-order valence-electron chi connectivity index (χ1n) is 9.68. The first-order valence-corrected chi connectivity index (χ1v) is 10.4. The van der Waals surface area contributed by atoms with Gasteiger partial charge in [-0.3, -0.25) is 9.59 Å². The van der Waals surface area contributed by atoms with Crippen LogP contribution in [0.1, 0.15) is 22.7 Å². The van der Waals surface area contributed by atoms with Crippen LogP contribution in [-0.4, -0.2) is 60.9 Å². The number of Topliss-reactive ketones (excluding diaryl/α,β-unsaturated/α-hetero) is 1. The molecule has 2 aromatic carbocycles. The molecule has 1 saturated heterocycles. The van der Waals surface area contributed by atoms with Crippen LogP contribution < -0.4 is 4.74 Å². The number of aliphatic hydroxyl groups is 1. The van der Waals surface area contributed by atoms with Gasteiger partial charge in [-0.25, -0.2) is 0 Å². The van der Waals surface area contributed by atoms with Crippen LogP contribution in [0.4, 0.5) is 0 Å². The number of carbonyl (C=O) groups is 2. The molecule has 0 saturated carbocycles. The second-order valence-corrected chi connectivity index (χ2v) is 8.46. The average molecular weight is 463 g/mol. The summed E-state index contributed by atoms with van der Waals surface area (Å²) in [6.45, 7) is 2.65. The number of hydrogen-bond donors (Lipinski definition) is 1. The third-order valence-electron chi connectivity index (χ3n) is 5.28. The standard InChI is InChI=1S/C23H24Cl2N2O4/c1-13-11-15(31-4)6-7-16(13)21(28)19-20(14-5-8-17(24)18(25)12-14)27(10-9-26(2)3)23(30)22(19)29/h5-8,11-12,20,28H,9-10H2,1-4H3/b21-19+/t20-/m1/s1. The van der Waals surface area contributed by atoms with Gasteiger partial charge in [0.2, 0.25) is 0 Å². The lowest BCUT2D eigenvalue weighted by Gasteiger charge is -2.27. The largest absolute Gasteiger partial charge is 0.507 e. The van der Waals surface area contributed by atoms with Gasteiger partial charge in [-0.2, -0.15) is 0 Å². The van der Waals surface area contributed by atoms with Gasteiger partial charge in [0.25, 0.3) is 11.7 Å². The molecule has 6 nitrogen and oxygen atoms in total. The Morgan fingerprint density at radius 3 is 2.42 bits per heavy atom. The Hall–Kier alpha value is -2.54. The Labute approximate surface area is 191 Å². The van der Waals surface area contributed by atoms with Gasteiger partial charge in [0, 0.05) is 18.7 Å². The number of aryl methyl sites for hydroxylation is 1. The van der Waals surface area contributed by atoms with Crippen molar-refractivity contribution in [2.75, 3.05) is 34.3 Å². The number of rotatable bonds is 6. The Balaban J connectivity index is 2.19. The number of amides is 1. The van der Waals surface area contributed by atoms with Crippen molar-refractivity contribution in [1.82, 2.24) is 9.80 Å². The molecule has 0 aromatic heterocycles. The van der Waals surface area contributed by atoms with E-state index in [1.165, 1.54) is 4.90 Å². The minimum Gasteiger partial charge on any atom is -0.507 e. The summed E-state index contributed by atoms with van der Waals surface area (Å²) >= 11 is 12.3. The second kappa shape index (κ2) is 9.30. The topological polar surface area (TPSA) is 70.1 Å². The fraction of sp³-hybridized carbons (Fsp3) is 0.304. The summed E-state index contributed by atoms with van der Waals surface area (Å²) in [5.41, 5.74) is 1.79. The van der Waals surface area contributed by atoms with E-state index in [4.69, 9.17) is 27.9 Å². The lowest BCUT2D eigenvalue weighted by atomic mass is 9.94. The van der Waals surface area contributed by atoms with Crippen molar-refractivity contribution in [1.29, 1.82) is 0 Å². The monoisotopic (exact) mass is 462 g/mol. The van der Waals surface area contributed by atoms with Crippen LogP contribution in [0.2, 0.25) is 10.0 Å². The number of benzene rings is 2.